The smallest absolute Gasteiger partial charge is 0.225 e. The first-order valence-electron chi connectivity index (χ1n) is 4.72. The molecule has 0 saturated carbocycles. The normalized spacial score (nSPS) is 10.8. The molecule has 0 saturated heterocycles. The molecular weight excluding hydrogens is 294 g/mol. The SMILES string of the molecule is COC(CNC(=O)Cc1ccc(Br)s1)OC. The standard InChI is InChI=1S/C10H14BrNO3S/c1-14-10(15-2)6-12-9(13)5-7-3-4-8(11)16-7/h3-4,10H,5-6H2,1-2H3,(H,12,13). The Morgan fingerprint density at radius 3 is 2.69 bits per heavy atom. The Morgan fingerprint density at radius 1 is 1.50 bits per heavy atom. The molecule has 0 spiro atoms. The van der Waals surface area contributed by atoms with Crippen molar-refractivity contribution in [3.8, 4) is 0 Å². The molecule has 0 aliphatic rings. The highest BCUT2D eigenvalue weighted by molar-refractivity contribution is 9.11. The first kappa shape index (κ1) is 13.6. The molecule has 0 bridgehead atoms. The molecule has 0 radical (unpaired) electrons. The molecule has 0 unspecified atom stereocenters. The maximum atomic E-state index is 11.5. The predicted octanol–water partition coefficient (Wildman–Crippen LogP) is 1.79. The summed E-state index contributed by atoms with van der Waals surface area (Å²) in [5.74, 6) is -0.0338. The van der Waals surface area contributed by atoms with E-state index in [-0.39, 0.29) is 12.2 Å². The zero-order valence-electron chi connectivity index (χ0n) is 9.16. The van der Waals surface area contributed by atoms with Crippen LogP contribution in [0.5, 0.6) is 0 Å². The molecule has 1 rings (SSSR count). The van der Waals surface area contributed by atoms with Gasteiger partial charge in [-0.3, -0.25) is 4.79 Å². The minimum atomic E-state index is -0.390. The maximum absolute atomic E-state index is 11.5. The van der Waals surface area contributed by atoms with Crippen molar-refractivity contribution in [1.29, 1.82) is 0 Å². The molecular formula is C10H14BrNO3S. The Kier molecular flexibility index (Phi) is 5.97. The van der Waals surface area contributed by atoms with Gasteiger partial charge in [0, 0.05) is 19.1 Å². The third-order valence-corrected chi connectivity index (χ3v) is 3.58. The van der Waals surface area contributed by atoms with Gasteiger partial charge in [-0.15, -0.1) is 11.3 Å². The molecule has 4 nitrogen and oxygen atoms in total. The average molecular weight is 308 g/mol. The van der Waals surface area contributed by atoms with Crippen LogP contribution in [0.1, 0.15) is 4.88 Å². The fourth-order valence-corrected chi connectivity index (χ4v) is 2.61. The van der Waals surface area contributed by atoms with Crippen LogP contribution in [0.2, 0.25) is 0 Å². The van der Waals surface area contributed by atoms with Gasteiger partial charge in [-0.25, -0.2) is 0 Å². The molecule has 6 heteroatoms. The van der Waals surface area contributed by atoms with Crippen LogP contribution in [0.25, 0.3) is 0 Å². The lowest BCUT2D eigenvalue weighted by atomic mass is 10.3. The molecule has 1 amide bonds. The minimum absolute atomic E-state index is 0.0338. The zero-order chi connectivity index (χ0) is 12.0. The molecule has 1 heterocycles. The third-order valence-electron chi connectivity index (χ3n) is 1.96. The Labute approximate surface area is 107 Å². The molecule has 90 valence electrons. The minimum Gasteiger partial charge on any atom is -0.354 e. The highest BCUT2D eigenvalue weighted by Gasteiger charge is 2.09. The summed E-state index contributed by atoms with van der Waals surface area (Å²) in [7, 11) is 3.08. The third kappa shape index (κ3) is 4.61. The number of methoxy groups -OCH3 is 2. The van der Waals surface area contributed by atoms with E-state index < -0.39 is 0 Å². The Morgan fingerprint density at radius 2 is 2.19 bits per heavy atom. The molecule has 0 atom stereocenters. The van der Waals surface area contributed by atoms with Crippen LogP contribution >= 0.6 is 27.3 Å². The molecule has 1 N–H and O–H groups in total. The molecule has 1 aromatic heterocycles. The Hall–Kier alpha value is -0.430. The number of nitrogens with one attached hydrogen (secondary N) is 1. The van der Waals surface area contributed by atoms with Crippen LogP contribution in [0, 0.1) is 0 Å². The van der Waals surface area contributed by atoms with Crippen LogP contribution < -0.4 is 5.32 Å². The van der Waals surface area contributed by atoms with Crippen molar-refractivity contribution in [1.82, 2.24) is 5.32 Å². The maximum Gasteiger partial charge on any atom is 0.225 e. The first-order valence-corrected chi connectivity index (χ1v) is 6.33. The van der Waals surface area contributed by atoms with Crippen LogP contribution in [-0.2, 0) is 20.7 Å². The lowest BCUT2D eigenvalue weighted by Crippen LogP contribution is -2.34. The largest absolute Gasteiger partial charge is 0.354 e. The number of carbonyl (C=O) groups excluding carboxylic acids is 1. The summed E-state index contributed by atoms with van der Waals surface area (Å²) in [6.45, 7) is 0.360. The van der Waals surface area contributed by atoms with Gasteiger partial charge in [0.1, 0.15) is 0 Å². The van der Waals surface area contributed by atoms with Gasteiger partial charge >= 0.3 is 0 Å². The molecule has 0 fully saturated rings. The number of ether oxygens (including phenoxy) is 2. The topological polar surface area (TPSA) is 47.6 Å². The second-order valence-electron chi connectivity index (χ2n) is 3.09. The number of hydrogen-bond acceptors (Lipinski definition) is 4. The summed E-state index contributed by atoms with van der Waals surface area (Å²) in [5.41, 5.74) is 0. The number of amides is 1. The van der Waals surface area contributed by atoms with Crippen molar-refractivity contribution in [2.24, 2.45) is 0 Å². The van der Waals surface area contributed by atoms with Gasteiger partial charge in [0.25, 0.3) is 0 Å². The van der Waals surface area contributed by atoms with Gasteiger partial charge in [-0.1, -0.05) is 0 Å². The van der Waals surface area contributed by atoms with Gasteiger partial charge < -0.3 is 14.8 Å². The van der Waals surface area contributed by atoms with Crippen molar-refractivity contribution in [3.63, 3.8) is 0 Å². The van der Waals surface area contributed by atoms with Gasteiger partial charge in [0.2, 0.25) is 5.91 Å². The van der Waals surface area contributed by atoms with Gasteiger partial charge in [0.05, 0.1) is 16.8 Å². The van der Waals surface area contributed by atoms with Crippen LogP contribution in [-0.4, -0.2) is 33.0 Å². The Bertz CT molecular complexity index is 339. The van der Waals surface area contributed by atoms with E-state index >= 15 is 0 Å². The molecule has 16 heavy (non-hydrogen) atoms. The monoisotopic (exact) mass is 307 g/mol. The van der Waals surface area contributed by atoms with E-state index in [0.717, 1.165) is 8.66 Å². The summed E-state index contributed by atoms with van der Waals surface area (Å²) in [6.07, 6.45) is -0.00446. The van der Waals surface area contributed by atoms with E-state index in [1.54, 1.807) is 11.3 Å². The molecule has 0 aliphatic carbocycles. The molecule has 1 aromatic rings. The van der Waals surface area contributed by atoms with E-state index in [9.17, 15) is 4.79 Å². The van der Waals surface area contributed by atoms with Crippen molar-refractivity contribution in [2.75, 3.05) is 20.8 Å². The number of halogens is 1. The lowest BCUT2D eigenvalue weighted by Gasteiger charge is -2.13. The van der Waals surface area contributed by atoms with Crippen LogP contribution in [0.3, 0.4) is 0 Å². The quantitative estimate of drug-likeness (QED) is 0.815. The van der Waals surface area contributed by atoms with E-state index in [2.05, 4.69) is 21.2 Å². The van der Waals surface area contributed by atoms with E-state index in [1.165, 1.54) is 14.2 Å². The predicted molar refractivity (Wildman–Crippen MR) is 66.5 cm³/mol. The van der Waals surface area contributed by atoms with Crippen molar-refractivity contribution >= 4 is 33.2 Å². The van der Waals surface area contributed by atoms with E-state index in [4.69, 9.17) is 9.47 Å². The number of thiophene rings is 1. The van der Waals surface area contributed by atoms with Crippen LogP contribution in [0.4, 0.5) is 0 Å². The first-order chi connectivity index (χ1) is 7.65. The fraction of sp³-hybridized carbons (Fsp3) is 0.500. The van der Waals surface area contributed by atoms with Crippen molar-refractivity contribution in [2.45, 2.75) is 12.7 Å². The van der Waals surface area contributed by atoms with Gasteiger partial charge in [0.15, 0.2) is 6.29 Å². The number of carbonyl (C=O) groups is 1. The zero-order valence-corrected chi connectivity index (χ0v) is 11.6. The lowest BCUT2D eigenvalue weighted by molar-refractivity contribution is -0.126. The Balaban J connectivity index is 2.31. The van der Waals surface area contributed by atoms with Crippen molar-refractivity contribution in [3.05, 3.63) is 20.8 Å². The average Bonchev–Trinajstić information content (AvgIpc) is 2.65. The highest BCUT2D eigenvalue weighted by atomic mass is 79.9. The summed E-state index contributed by atoms with van der Waals surface area (Å²) < 4.78 is 11.0. The molecule has 0 aliphatic heterocycles. The van der Waals surface area contributed by atoms with Gasteiger partial charge in [-0.2, -0.15) is 0 Å². The molecule has 0 aromatic carbocycles. The van der Waals surface area contributed by atoms with Crippen molar-refractivity contribution < 1.29 is 14.3 Å². The van der Waals surface area contributed by atoms with Crippen LogP contribution in [0.15, 0.2) is 15.9 Å². The second-order valence-corrected chi connectivity index (χ2v) is 5.64. The van der Waals surface area contributed by atoms with E-state index in [1.807, 2.05) is 12.1 Å². The second kappa shape index (κ2) is 7.01. The summed E-state index contributed by atoms with van der Waals surface area (Å²) in [6, 6.07) is 3.86. The summed E-state index contributed by atoms with van der Waals surface area (Å²) >= 11 is 4.91. The van der Waals surface area contributed by atoms with E-state index in [0.29, 0.717) is 13.0 Å². The summed E-state index contributed by atoms with van der Waals surface area (Å²) in [4.78, 5) is 12.6. The number of hydrogen-bond donors (Lipinski definition) is 1. The summed E-state index contributed by atoms with van der Waals surface area (Å²) in [5, 5.41) is 2.74. The van der Waals surface area contributed by atoms with Gasteiger partial charge in [-0.05, 0) is 28.1 Å². The number of rotatable bonds is 6. The highest BCUT2D eigenvalue weighted by Crippen LogP contribution is 2.22. The fourth-order valence-electron chi connectivity index (χ4n) is 1.13.